The molecule has 0 spiro atoms. The predicted octanol–water partition coefficient (Wildman–Crippen LogP) is 3.55. The molecule has 3 aromatic carbocycles. The second-order valence-electron chi connectivity index (χ2n) is 4.68. The highest BCUT2D eigenvalue weighted by atomic mass is 32.2. The fraction of sp³-hybridized carbons (Fsp3) is 0. The highest BCUT2D eigenvalue weighted by molar-refractivity contribution is 7.87. The molecule has 0 unspecified atom stereocenters. The Labute approximate surface area is 140 Å². The van der Waals surface area contributed by atoms with Crippen LogP contribution in [0.2, 0.25) is 0 Å². The smallest absolute Gasteiger partial charge is 0.339 e. The molecule has 0 aliphatic carbocycles. The van der Waals surface area contributed by atoms with Crippen molar-refractivity contribution in [3.63, 3.8) is 0 Å². The Morgan fingerprint density at radius 1 is 0.667 bits per heavy atom. The van der Waals surface area contributed by atoms with Gasteiger partial charge in [0.05, 0.1) is 0 Å². The second kappa shape index (κ2) is 8.03. The Morgan fingerprint density at radius 2 is 1.17 bits per heavy atom. The third-order valence-electron chi connectivity index (χ3n) is 2.81. The summed E-state index contributed by atoms with van der Waals surface area (Å²) in [6.45, 7) is 0. The van der Waals surface area contributed by atoms with Gasteiger partial charge < -0.3 is 14.4 Å². The van der Waals surface area contributed by atoms with E-state index in [4.69, 9.17) is 14.4 Å². The minimum Gasteiger partial charge on any atom is -0.508 e. The van der Waals surface area contributed by atoms with Gasteiger partial charge in [-0.3, -0.25) is 0 Å². The van der Waals surface area contributed by atoms with Crippen molar-refractivity contribution in [3.05, 3.63) is 84.9 Å². The number of phenolic OH excluding ortho intramolecular Hbond substituents is 2. The van der Waals surface area contributed by atoms with E-state index in [0.29, 0.717) is 5.75 Å². The van der Waals surface area contributed by atoms with Gasteiger partial charge in [-0.05, 0) is 36.4 Å². The van der Waals surface area contributed by atoms with E-state index in [9.17, 15) is 8.42 Å². The molecular formula is C18H16O5S. The molecule has 0 heterocycles. The molecule has 0 aliphatic rings. The van der Waals surface area contributed by atoms with Crippen LogP contribution in [0.3, 0.4) is 0 Å². The van der Waals surface area contributed by atoms with Crippen molar-refractivity contribution in [1.29, 1.82) is 0 Å². The molecule has 124 valence electrons. The van der Waals surface area contributed by atoms with E-state index in [0.717, 1.165) is 0 Å². The van der Waals surface area contributed by atoms with Crippen LogP contribution in [0.5, 0.6) is 17.2 Å². The first kappa shape index (κ1) is 17.4. The van der Waals surface area contributed by atoms with Gasteiger partial charge in [-0.1, -0.05) is 42.5 Å². The highest BCUT2D eigenvalue weighted by Crippen LogP contribution is 2.17. The summed E-state index contributed by atoms with van der Waals surface area (Å²) in [5.74, 6) is 0.487. The normalized spacial score (nSPS) is 10.3. The summed E-state index contributed by atoms with van der Waals surface area (Å²) in [6, 6.07) is 22.3. The standard InChI is InChI=1S/C12H10O3S.C6H6O2/c13-16(14,12-9-5-2-6-10-12)15-11-7-3-1-4-8-11;7-5-2-1-3-6(8)4-5/h1-10H;1-4,7-8H. The average molecular weight is 344 g/mol. The van der Waals surface area contributed by atoms with Crippen LogP contribution in [0.15, 0.2) is 89.8 Å². The van der Waals surface area contributed by atoms with Crippen LogP contribution in [0.1, 0.15) is 0 Å². The third kappa shape index (κ3) is 5.33. The van der Waals surface area contributed by atoms with Crippen LogP contribution < -0.4 is 4.18 Å². The molecular weight excluding hydrogens is 328 g/mol. The molecule has 0 bridgehead atoms. The van der Waals surface area contributed by atoms with E-state index in [1.807, 2.05) is 0 Å². The van der Waals surface area contributed by atoms with E-state index >= 15 is 0 Å². The van der Waals surface area contributed by atoms with E-state index in [1.165, 1.54) is 30.3 Å². The number of hydrogen-bond donors (Lipinski definition) is 2. The van der Waals surface area contributed by atoms with E-state index < -0.39 is 10.1 Å². The largest absolute Gasteiger partial charge is 0.508 e. The molecule has 0 saturated heterocycles. The third-order valence-corrected chi connectivity index (χ3v) is 4.07. The van der Waals surface area contributed by atoms with Crippen LogP contribution in [0.4, 0.5) is 0 Å². The molecule has 3 rings (SSSR count). The lowest BCUT2D eigenvalue weighted by molar-refractivity contribution is 0.450. The molecule has 0 saturated carbocycles. The predicted molar refractivity (Wildman–Crippen MR) is 90.5 cm³/mol. The first-order chi connectivity index (χ1) is 11.5. The van der Waals surface area contributed by atoms with E-state index in [-0.39, 0.29) is 16.4 Å². The van der Waals surface area contributed by atoms with Crippen molar-refractivity contribution < 1.29 is 22.8 Å². The lowest BCUT2D eigenvalue weighted by atomic mass is 10.3. The zero-order valence-electron chi connectivity index (χ0n) is 12.6. The monoisotopic (exact) mass is 344 g/mol. The summed E-state index contributed by atoms with van der Waals surface area (Å²) in [5.41, 5.74) is 0. The molecule has 0 fully saturated rings. The number of benzene rings is 3. The van der Waals surface area contributed by atoms with Gasteiger partial charge in [-0.25, -0.2) is 0 Å². The Balaban J connectivity index is 0.000000219. The molecule has 5 nitrogen and oxygen atoms in total. The van der Waals surface area contributed by atoms with Gasteiger partial charge in [0.2, 0.25) is 0 Å². The molecule has 0 aromatic heterocycles. The van der Waals surface area contributed by atoms with Crippen molar-refractivity contribution in [2.75, 3.05) is 0 Å². The number of rotatable bonds is 3. The van der Waals surface area contributed by atoms with Crippen molar-refractivity contribution in [2.24, 2.45) is 0 Å². The highest BCUT2D eigenvalue weighted by Gasteiger charge is 2.15. The van der Waals surface area contributed by atoms with Crippen LogP contribution in [0.25, 0.3) is 0 Å². The van der Waals surface area contributed by atoms with E-state index in [1.54, 1.807) is 54.6 Å². The quantitative estimate of drug-likeness (QED) is 0.710. The van der Waals surface area contributed by atoms with Gasteiger partial charge in [0.25, 0.3) is 0 Å². The van der Waals surface area contributed by atoms with Gasteiger partial charge in [-0.2, -0.15) is 8.42 Å². The van der Waals surface area contributed by atoms with Crippen LogP contribution in [-0.4, -0.2) is 18.6 Å². The van der Waals surface area contributed by atoms with Crippen LogP contribution in [0, 0.1) is 0 Å². The summed E-state index contributed by atoms with van der Waals surface area (Å²) in [4.78, 5) is 0.152. The minimum absolute atomic E-state index is 0.0880. The van der Waals surface area contributed by atoms with Gasteiger partial charge in [0.1, 0.15) is 22.1 Å². The van der Waals surface area contributed by atoms with E-state index in [2.05, 4.69) is 0 Å². The molecule has 0 atom stereocenters. The lowest BCUT2D eigenvalue weighted by Crippen LogP contribution is -2.09. The topological polar surface area (TPSA) is 83.8 Å². The summed E-state index contributed by atoms with van der Waals surface area (Å²) in [7, 11) is -3.71. The number of phenols is 2. The van der Waals surface area contributed by atoms with Gasteiger partial charge >= 0.3 is 10.1 Å². The number of para-hydroxylation sites is 1. The Kier molecular flexibility index (Phi) is 5.81. The Bertz CT molecular complexity index is 845. The lowest BCUT2D eigenvalue weighted by Gasteiger charge is -2.05. The first-order valence-corrected chi connectivity index (χ1v) is 8.41. The summed E-state index contributed by atoms with van der Waals surface area (Å²) in [6.07, 6.45) is 0. The molecule has 0 amide bonds. The number of hydrogen-bond acceptors (Lipinski definition) is 5. The molecule has 24 heavy (non-hydrogen) atoms. The SMILES string of the molecule is O=S(=O)(Oc1ccccc1)c1ccccc1.Oc1cccc(O)c1. The zero-order chi connectivity index (χ0) is 17.4. The average Bonchev–Trinajstić information content (AvgIpc) is 2.57. The summed E-state index contributed by atoms with van der Waals surface area (Å²) >= 11 is 0. The fourth-order valence-corrected chi connectivity index (χ4v) is 2.68. The van der Waals surface area contributed by atoms with Crippen molar-refractivity contribution in [3.8, 4) is 17.2 Å². The van der Waals surface area contributed by atoms with Gasteiger partial charge in [0, 0.05) is 6.07 Å². The molecule has 6 heteroatoms. The maximum atomic E-state index is 11.8. The fourth-order valence-electron chi connectivity index (χ4n) is 1.73. The summed E-state index contributed by atoms with van der Waals surface area (Å²) < 4.78 is 28.5. The van der Waals surface area contributed by atoms with Crippen LogP contribution in [-0.2, 0) is 10.1 Å². The van der Waals surface area contributed by atoms with Crippen LogP contribution >= 0.6 is 0 Å². The van der Waals surface area contributed by atoms with Crippen molar-refractivity contribution in [2.45, 2.75) is 4.90 Å². The summed E-state index contributed by atoms with van der Waals surface area (Å²) in [5, 5.41) is 17.3. The Morgan fingerprint density at radius 3 is 1.62 bits per heavy atom. The zero-order valence-corrected chi connectivity index (χ0v) is 13.4. The number of aromatic hydroxyl groups is 2. The van der Waals surface area contributed by atoms with Crippen molar-refractivity contribution in [1.82, 2.24) is 0 Å². The molecule has 0 aliphatic heterocycles. The minimum atomic E-state index is -3.71. The first-order valence-electron chi connectivity index (χ1n) is 7.00. The molecule has 2 N–H and O–H groups in total. The van der Waals surface area contributed by atoms with Crippen molar-refractivity contribution >= 4 is 10.1 Å². The Hall–Kier alpha value is -2.99. The molecule has 3 aromatic rings. The second-order valence-corrected chi connectivity index (χ2v) is 6.23. The van der Waals surface area contributed by atoms with Gasteiger partial charge in [0.15, 0.2) is 0 Å². The van der Waals surface area contributed by atoms with Gasteiger partial charge in [-0.15, -0.1) is 0 Å². The maximum Gasteiger partial charge on any atom is 0.339 e. The molecule has 0 radical (unpaired) electrons. The maximum absolute atomic E-state index is 11.8.